The minimum absolute atomic E-state index is 0. The Kier molecular flexibility index (Phi) is 12.6. The van der Waals surface area contributed by atoms with E-state index in [0.717, 1.165) is 11.1 Å². The zero-order chi connectivity index (χ0) is 27.1. The van der Waals surface area contributed by atoms with Crippen molar-refractivity contribution in [3.05, 3.63) is 65.5 Å². The van der Waals surface area contributed by atoms with Crippen molar-refractivity contribution < 1.29 is 40.0 Å². The fraction of sp³-hybridized carbons (Fsp3) is 0.571. The summed E-state index contributed by atoms with van der Waals surface area (Å²) in [5.41, 5.74) is 1.84. The van der Waals surface area contributed by atoms with E-state index in [2.05, 4.69) is 10.6 Å². The van der Waals surface area contributed by atoms with Crippen LogP contribution in [0.15, 0.2) is 48.8 Å². The van der Waals surface area contributed by atoms with E-state index < -0.39 is 24.3 Å². The molecule has 0 fully saturated rings. The third-order valence-electron chi connectivity index (χ3n) is 5.68. The molecule has 2 atom stereocenters. The van der Waals surface area contributed by atoms with Crippen LogP contribution in [0, 0.1) is 16.7 Å². The van der Waals surface area contributed by atoms with Crippen LogP contribution in [0.4, 0.5) is 0 Å². The lowest BCUT2D eigenvalue weighted by molar-refractivity contribution is -0.688. The van der Waals surface area contributed by atoms with Crippen molar-refractivity contribution in [3.63, 3.8) is 0 Å². The average Bonchev–Trinajstić information content (AvgIpc) is 2.78. The number of rotatable bonds is 11. The van der Waals surface area contributed by atoms with Gasteiger partial charge in [0.25, 0.3) is 0 Å². The van der Waals surface area contributed by atoms with Crippen LogP contribution in [0.2, 0.25) is 0 Å². The highest BCUT2D eigenvalue weighted by Gasteiger charge is 2.51. The first-order valence-corrected chi connectivity index (χ1v) is 14.2. The summed E-state index contributed by atoms with van der Waals surface area (Å²) in [6.07, 6.45) is 3.73. The second-order valence-electron chi connectivity index (χ2n) is 11.0. The number of hydrogen-bond acceptors (Lipinski definition) is 6. The topological polar surface area (TPSA) is 75.7 Å². The van der Waals surface area contributed by atoms with Crippen LogP contribution < -0.4 is 21.5 Å². The molecule has 1 aromatic carbocycles. The van der Waals surface area contributed by atoms with Crippen LogP contribution in [0.5, 0.6) is 0 Å². The van der Waals surface area contributed by atoms with Crippen molar-refractivity contribution in [1.82, 2.24) is 5.06 Å². The number of halogens is 1. The van der Waals surface area contributed by atoms with Gasteiger partial charge in [-0.25, -0.2) is 4.57 Å². The molecule has 2 rings (SSSR count). The van der Waals surface area contributed by atoms with Crippen molar-refractivity contribution in [1.29, 1.82) is 5.26 Å². The van der Waals surface area contributed by atoms with E-state index in [-0.39, 0.29) is 36.3 Å². The molecule has 9 heteroatoms. The molecule has 0 saturated heterocycles. The van der Waals surface area contributed by atoms with E-state index in [1.165, 1.54) is 0 Å². The molecule has 0 aliphatic heterocycles. The lowest BCUT2D eigenvalue weighted by atomic mass is 9.94. The number of hydroxylamine groups is 2. The molecular weight excluding hydrogens is 553 g/mol. The summed E-state index contributed by atoms with van der Waals surface area (Å²) in [5, 5.41) is 10.8. The van der Waals surface area contributed by atoms with Gasteiger partial charge in [-0.1, -0.05) is 32.9 Å². The molecular formula is C28H43BrN3O4P. The van der Waals surface area contributed by atoms with Gasteiger partial charge in [0.15, 0.2) is 18.9 Å². The van der Waals surface area contributed by atoms with Crippen LogP contribution in [0.1, 0.15) is 85.1 Å². The van der Waals surface area contributed by atoms with Crippen molar-refractivity contribution in [2.75, 3.05) is 13.2 Å². The molecule has 0 aliphatic carbocycles. The van der Waals surface area contributed by atoms with Crippen molar-refractivity contribution in [2.24, 2.45) is 5.41 Å². The third-order valence-corrected chi connectivity index (χ3v) is 8.50. The highest BCUT2D eigenvalue weighted by atomic mass is 79.9. The predicted molar refractivity (Wildman–Crippen MR) is 142 cm³/mol. The van der Waals surface area contributed by atoms with E-state index >= 15 is 0 Å². The second-order valence-corrected chi connectivity index (χ2v) is 13.1. The Bertz CT molecular complexity index is 1050. The van der Waals surface area contributed by atoms with Gasteiger partial charge in [0.1, 0.15) is 11.9 Å². The molecule has 37 heavy (non-hydrogen) atoms. The Morgan fingerprint density at radius 3 is 1.89 bits per heavy atom. The summed E-state index contributed by atoms with van der Waals surface area (Å²) >= 11 is 0. The molecule has 2 aromatic rings. The Morgan fingerprint density at radius 2 is 1.49 bits per heavy atom. The standard InChI is InChI=1S/C28H43N3O4P.BrH/c1-10-33-36(32,34-11-2)26(27(4,5)6)31(28(7,8)9)35-22(3)25-16-18-30(19-17-25)21-24-14-12-23(20-29)13-15-24;/h12-19,22,26H,10-11,21H2,1-9H3;1H/q+1;/p-1. The van der Waals surface area contributed by atoms with E-state index in [4.69, 9.17) is 19.1 Å². The highest BCUT2D eigenvalue weighted by molar-refractivity contribution is 7.54. The SMILES string of the molecule is CCOP(=O)(OCC)C(N(OC(C)c1cc[n+](Cc2ccc(C#N)cc2)cc1)C(C)(C)C)C(C)(C)C.[Br-]. The molecule has 1 heterocycles. The first-order valence-electron chi connectivity index (χ1n) is 12.6. The van der Waals surface area contributed by atoms with Gasteiger partial charge < -0.3 is 26.0 Å². The van der Waals surface area contributed by atoms with Gasteiger partial charge in [-0.05, 0) is 64.7 Å². The molecule has 2 unspecified atom stereocenters. The van der Waals surface area contributed by atoms with Crippen molar-refractivity contribution in [2.45, 2.75) is 86.3 Å². The highest BCUT2D eigenvalue weighted by Crippen LogP contribution is 2.61. The van der Waals surface area contributed by atoms with Gasteiger partial charge in [-0.3, -0.25) is 9.40 Å². The fourth-order valence-electron chi connectivity index (χ4n) is 4.05. The molecule has 7 nitrogen and oxygen atoms in total. The third kappa shape index (κ3) is 9.28. The first-order chi connectivity index (χ1) is 16.7. The largest absolute Gasteiger partial charge is 1.00 e. The molecule has 1 aromatic heterocycles. The Morgan fingerprint density at radius 1 is 0.973 bits per heavy atom. The number of hydrogen-bond donors (Lipinski definition) is 0. The Hall–Kier alpha value is -1.59. The molecule has 0 amide bonds. The zero-order valence-electron chi connectivity index (χ0n) is 23.7. The summed E-state index contributed by atoms with van der Waals surface area (Å²) in [5.74, 6) is -0.614. The number of pyridine rings is 1. The van der Waals surface area contributed by atoms with Gasteiger partial charge in [0.2, 0.25) is 0 Å². The normalized spacial score (nSPS) is 14.1. The summed E-state index contributed by atoms with van der Waals surface area (Å²) < 4.78 is 27.7. The van der Waals surface area contributed by atoms with Crippen LogP contribution >= 0.6 is 7.60 Å². The monoisotopic (exact) mass is 595 g/mol. The van der Waals surface area contributed by atoms with Crippen molar-refractivity contribution >= 4 is 7.60 Å². The molecule has 206 valence electrons. The van der Waals surface area contributed by atoms with Crippen molar-refractivity contribution in [3.8, 4) is 6.07 Å². The molecule has 0 radical (unpaired) electrons. The lowest BCUT2D eigenvalue weighted by Crippen LogP contribution is -3.00. The van der Waals surface area contributed by atoms with Crippen LogP contribution in [0.3, 0.4) is 0 Å². The van der Waals surface area contributed by atoms with E-state index in [1.807, 2.05) is 116 Å². The van der Waals surface area contributed by atoms with Gasteiger partial charge in [-0.15, -0.1) is 0 Å². The van der Waals surface area contributed by atoms with Crippen LogP contribution in [0.25, 0.3) is 0 Å². The number of benzene rings is 1. The molecule has 0 bridgehead atoms. The summed E-state index contributed by atoms with van der Waals surface area (Å²) in [4.78, 5) is 6.57. The van der Waals surface area contributed by atoms with Crippen LogP contribution in [-0.4, -0.2) is 29.6 Å². The molecule has 0 spiro atoms. The fourth-order valence-corrected chi connectivity index (χ4v) is 6.73. The average molecular weight is 597 g/mol. The van der Waals surface area contributed by atoms with E-state index in [9.17, 15) is 4.57 Å². The maximum absolute atomic E-state index is 14.0. The number of nitrogens with zero attached hydrogens (tertiary/aromatic N) is 3. The maximum atomic E-state index is 14.0. The lowest BCUT2D eigenvalue weighted by Gasteiger charge is -2.48. The summed E-state index contributed by atoms with van der Waals surface area (Å²) in [7, 11) is -3.53. The predicted octanol–water partition coefficient (Wildman–Crippen LogP) is 3.63. The van der Waals surface area contributed by atoms with Gasteiger partial charge in [0.05, 0.1) is 24.8 Å². The first kappa shape index (κ1) is 33.4. The quantitative estimate of drug-likeness (QED) is 0.224. The van der Waals surface area contributed by atoms with Crippen LogP contribution in [-0.2, 0) is 25.0 Å². The minimum Gasteiger partial charge on any atom is -1.00 e. The number of nitriles is 1. The molecule has 0 N–H and O–H groups in total. The Labute approximate surface area is 234 Å². The molecule has 0 saturated carbocycles. The minimum atomic E-state index is -3.53. The maximum Gasteiger partial charge on any atom is 0.350 e. The van der Waals surface area contributed by atoms with Gasteiger partial charge in [-0.2, -0.15) is 10.3 Å². The van der Waals surface area contributed by atoms with Gasteiger partial charge in [0, 0.05) is 23.2 Å². The summed E-state index contributed by atoms with van der Waals surface area (Å²) in [6, 6.07) is 13.8. The van der Waals surface area contributed by atoms with Gasteiger partial charge >= 0.3 is 7.60 Å². The Balaban J connectivity index is 0.00000684. The number of aromatic nitrogens is 1. The smallest absolute Gasteiger partial charge is 0.350 e. The second kappa shape index (κ2) is 14.0. The molecule has 0 aliphatic rings. The zero-order valence-corrected chi connectivity index (χ0v) is 26.2. The van der Waals surface area contributed by atoms with E-state index in [0.29, 0.717) is 12.1 Å². The van der Waals surface area contributed by atoms with E-state index in [1.54, 1.807) is 0 Å². The summed E-state index contributed by atoms with van der Waals surface area (Å²) in [6.45, 7) is 19.1.